The molecule has 144 valence electrons. The van der Waals surface area contributed by atoms with E-state index in [9.17, 15) is 9.59 Å². The van der Waals surface area contributed by atoms with Gasteiger partial charge in [0.25, 0.3) is 5.91 Å². The zero-order valence-electron chi connectivity index (χ0n) is 15.5. The van der Waals surface area contributed by atoms with Crippen LogP contribution in [0.4, 0.5) is 11.5 Å². The third kappa shape index (κ3) is 5.30. The highest BCUT2D eigenvalue weighted by Crippen LogP contribution is 2.19. The Bertz CT molecular complexity index is 751. The molecule has 2 N–H and O–H groups in total. The lowest BCUT2D eigenvalue weighted by Crippen LogP contribution is -2.45. The molecule has 0 bridgehead atoms. The molecule has 8 nitrogen and oxygen atoms in total. The molecule has 1 fully saturated rings. The largest absolute Gasteiger partial charge is 0.472 e. The van der Waals surface area contributed by atoms with Crippen molar-refractivity contribution < 1.29 is 18.7 Å². The number of morpholine rings is 1. The van der Waals surface area contributed by atoms with E-state index in [1.54, 1.807) is 12.3 Å². The minimum absolute atomic E-state index is 0.159. The first kappa shape index (κ1) is 18.9. The Morgan fingerprint density at radius 2 is 2.00 bits per heavy atom. The van der Waals surface area contributed by atoms with Crippen LogP contribution in [0, 0.1) is 0 Å². The summed E-state index contributed by atoms with van der Waals surface area (Å²) >= 11 is 0. The Morgan fingerprint density at radius 1 is 1.22 bits per heavy atom. The highest BCUT2D eigenvalue weighted by molar-refractivity contribution is 5.94. The zero-order chi connectivity index (χ0) is 19.2. The number of hydrogen-bond donors (Lipinski definition) is 2. The Morgan fingerprint density at radius 3 is 2.63 bits per heavy atom. The molecule has 1 aliphatic heterocycles. The van der Waals surface area contributed by atoms with Crippen molar-refractivity contribution in [1.29, 1.82) is 0 Å². The van der Waals surface area contributed by atoms with Gasteiger partial charge in [-0.05, 0) is 32.0 Å². The quantitative estimate of drug-likeness (QED) is 0.806. The molecule has 2 atom stereocenters. The smallest absolute Gasteiger partial charge is 0.254 e. The normalized spacial score (nSPS) is 19.6. The third-order valence-corrected chi connectivity index (χ3v) is 4.20. The van der Waals surface area contributed by atoms with E-state index < -0.39 is 0 Å². The summed E-state index contributed by atoms with van der Waals surface area (Å²) in [6.07, 6.45) is 4.92. The lowest BCUT2D eigenvalue weighted by Gasteiger charge is -2.36. The van der Waals surface area contributed by atoms with Gasteiger partial charge < -0.3 is 24.7 Å². The van der Waals surface area contributed by atoms with Gasteiger partial charge in [-0.3, -0.25) is 9.59 Å². The lowest BCUT2D eigenvalue weighted by atomic mass is 10.2. The second kappa shape index (κ2) is 8.68. The van der Waals surface area contributed by atoms with Crippen LogP contribution in [0.3, 0.4) is 0 Å². The highest BCUT2D eigenvalue weighted by atomic mass is 16.5. The second-order valence-electron chi connectivity index (χ2n) is 6.63. The number of nitrogens with zero attached hydrogens (tertiary/aromatic N) is 2. The number of ether oxygens (including phenoxy) is 1. The predicted octanol–water partition coefficient (Wildman–Crippen LogP) is 2.05. The van der Waals surface area contributed by atoms with Gasteiger partial charge in [-0.2, -0.15) is 0 Å². The maximum Gasteiger partial charge on any atom is 0.254 e. The van der Waals surface area contributed by atoms with E-state index in [1.807, 2.05) is 26.0 Å². The van der Waals surface area contributed by atoms with Crippen molar-refractivity contribution in [2.45, 2.75) is 32.5 Å². The van der Waals surface area contributed by atoms with E-state index in [4.69, 9.17) is 9.15 Å². The predicted molar refractivity (Wildman–Crippen MR) is 101 cm³/mol. The fourth-order valence-corrected chi connectivity index (χ4v) is 3.02. The zero-order valence-corrected chi connectivity index (χ0v) is 15.5. The van der Waals surface area contributed by atoms with E-state index in [0.29, 0.717) is 11.3 Å². The van der Waals surface area contributed by atoms with Crippen molar-refractivity contribution >= 4 is 23.3 Å². The van der Waals surface area contributed by atoms with E-state index in [-0.39, 0.29) is 37.0 Å². The topological polar surface area (TPSA) is 96.7 Å². The molecule has 0 saturated carbocycles. The van der Waals surface area contributed by atoms with Gasteiger partial charge in [-0.25, -0.2) is 4.98 Å². The molecular weight excluding hydrogens is 348 g/mol. The average Bonchev–Trinajstić information content (AvgIpc) is 3.16. The van der Waals surface area contributed by atoms with Gasteiger partial charge in [0, 0.05) is 26.1 Å². The van der Waals surface area contributed by atoms with E-state index in [2.05, 4.69) is 20.5 Å². The van der Waals surface area contributed by atoms with Gasteiger partial charge in [0.15, 0.2) is 0 Å². The van der Waals surface area contributed by atoms with Crippen LogP contribution < -0.4 is 15.5 Å². The van der Waals surface area contributed by atoms with Crippen molar-refractivity contribution in [2.75, 3.05) is 29.9 Å². The molecule has 0 spiro atoms. The highest BCUT2D eigenvalue weighted by Gasteiger charge is 2.23. The number of aromatic nitrogens is 1. The maximum atomic E-state index is 12.0. The molecule has 2 aromatic rings. The first-order valence-electron chi connectivity index (χ1n) is 8.98. The van der Waals surface area contributed by atoms with Crippen molar-refractivity contribution in [3.8, 4) is 0 Å². The first-order valence-corrected chi connectivity index (χ1v) is 8.98. The van der Waals surface area contributed by atoms with Gasteiger partial charge in [0.2, 0.25) is 5.91 Å². The Hall–Kier alpha value is -2.87. The van der Waals surface area contributed by atoms with Gasteiger partial charge in [-0.1, -0.05) is 0 Å². The molecule has 2 aromatic heterocycles. The summed E-state index contributed by atoms with van der Waals surface area (Å²) in [6.45, 7) is 5.91. The molecule has 0 radical (unpaired) electrons. The minimum atomic E-state index is -0.267. The third-order valence-electron chi connectivity index (χ3n) is 4.20. The van der Waals surface area contributed by atoms with Crippen molar-refractivity contribution in [3.63, 3.8) is 0 Å². The van der Waals surface area contributed by atoms with Crippen LogP contribution in [0.1, 0.15) is 30.6 Å². The molecule has 1 saturated heterocycles. The van der Waals surface area contributed by atoms with Crippen molar-refractivity contribution in [2.24, 2.45) is 0 Å². The van der Waals surface area contributed by atoms with E-state index in [1.165, 1.54) is 12.5 Å². The summed E-state index contributed by atoms with van der Waals surface area (Å²) in [5, 5.41) is 5.45. The summed E-state index contributed by atoms with van der Waals surface area (Å²) in [5.74, 6) is 0.407. The molecule has 8 heteroatoms. The maximum absolute atomic E-state index is 12.0. The molecular formula is C19H24N4O4. The summed E-state index contributed by atoms with van der Waals surface area (Å²) in [5.41, 5.74) is 1.06. The molecule has 2 amide bonds. The van der Waals surface area contributed by atoms with E-state index in [0.717, 1.165) is 18.9 Å². The van der Waals surface area contributed by atoms with Crippen LogP contribution in [-0.4, -0.2) is 48.6 Å². The second-order valence-corrected chi connectivity index (χ2v) is 6.63. The summed E-state index contributed by atoms with van der Waals surface area (Å²) in [4.78, 5) is 30.4. The minimum Gasteiger partial charge on any atom is -0.472 e. The van der Waals surface area contributed by atoms with Crippen molar-refractivity contribution in [1.82, 2.24) is 10.3 Å². The Balaban J connectivity index is 1.45. The Kier molecular flexibility index (Phi) is 6.08. The SMILES string of the molecule is C[C@@H]1CN(c2ccc(NC(=O)CCNC(=O)c3ccoc3)cn2)C[C@@H](C)O1. The molecule has 27 heavy (non-hydrogen) atoms. The first-order chi connectivity index (χ1) is 13.0. The molecule has 0 aliphatic carbocycles. The number of furan rings is 1. The number of rotatable bonds is 6. The van der Waals surface area contributed by atoms with Crippen LogP contribution in [-0.2, 0) is 9.53 Å². The number of amides is 2. The van der Waals surface area contributed by atoms with Crippen LogP contribution in [0.2, 0.25) is 0 Å². The summed E-state index contributed by atoms with van der Waals surface area (Å²) in [7, 11) is 0. The van der Waals surface area contributed by atoms with Gasteiger partial charge >= 0.3 is 0 Å². The number of carbonyl (C=O) groups is 2. The lowest BCUT2D eigenvalue weighted by molar-refractivity contribution is -0.116. The fourth-order valence-electron chi connectivity index (χ4n) is 3.02. The van der Waals surface area contributed by atoms with Gasteiger partial charge in [-0.15, -0.1) is 0 Å². The summed E-state index contributed by atoms with van der Waals surface area (Å²) in [6, 6.07) is 5.29. The molecule has 1 aliphatic rings. The molecule has 0 unspecified atom stereocenters. The number of carbonyl (C=O) groups excluding carboxylic acids is 2. The van der Waals surface area contributed by atoms with E-state index >= 15 is 0 Å². The van der Waals surface area contributed by atoms with Crippen LogP contribution >= 0.6 is 0 Å². The monoisotopic (exact) mass is 372 g/mol. The van der Waals surface area contributed by atoms with Crippen LogP contribution in [0.15, 0.2) is 41.3 Å². The van der Waals surface area contributed by atoms with Gasteiger partial charge in [0.1, 0.15) is 12.1 Å². The molecule has 3 rings (SSSR count). The van der Waals surface area contributed by atoms with Crippen LogP contribution in [0.25, 0.3) is 0 Å². The fraction of sp³-hybridized carbons (Fsp3) is 0.421. The standard InChI is InChI=1S/C19H24N4O4/c1-13-10-23(11-14(2)27-13)17-4-3-16(9-21-17)22-18(24)5-7-20-19(25)15-6-8-26-12-15/h3-4,6,8-9,12-14H,5,7,10-11H2,1-2H3,(H,20,25)(H,22,24)/t13-,14-/m1/s1. The summed E-state index contributed by atoms with van der Waals surface area (Å²) < 4.78 is 10.6. The number of hydrogen-bond acceptors (Lipinski definition) is 6. The van der Waals surface area contributed by atoms with Crippen LogP contribution in [0.5, 0.6) is 0 Å². The molecule has 3 heterocycles. The number of nitrogens with one attached hydrogen (secondary N) is 2. The number of anilines is 2. The van der Waals surface area contributed by atoms with Crippen molar-refractivity contribution in [3.05, 3.63) is 42.5 Å². The van der Waals surface area contributed by atoms with Gasteiger partial charge in [0.05, 0.1) is 35.9 Å². The average molecular weight is 372 g/mol. The molecule has 0 aromatic carbocycles. The number of pyridine rings is 1. The Labute approximate surface area is 157 Å².